The van der Waals surface area contributed by atoms with Gasteiger partial charge in [0.2, 0.25) is 0 Å². The minimum atomic E-state index is -0.701. The second-order valence-corrected chi connectivity index (χ2v) is 6.49. The molecule has 0 radical (unpaired) electrons. The molecule has 1 N–H and O–H groups in total. The van der Waals surface area contributed by atoms with Gasteiger partial charge in [-0.3, -0.25) is 0 Å². The number of hydrogen-bond donors (Lipinski definition) is 1. The van der Waals surface area contributed by atoms with Crippen LogP contribution in [-0.4, -0.2) is 10.1 Å². The predicted octanol–water partition coefficient (Wildman–Crippen LogP) is 2.81. The molecule has 1 aromatic rings. The summed E-state index contributed by atoms with van der Waals surface area (Å²) in [5, 5.41) is 22.9. The fraction of sp³-hybridized carbons (Fsp3) is 0.692. The van der Waals surface area contributed by atoms with Crippen LogP contribution in [0.3, 0.4) is 0 Å². The van der Waals surface area contributed by atoms with Crippen LogP contribution in [0.25, 0.3) is 0 Å². The van der Waals surface area contributed by atoms with Gasteiger partial charge in [-0.25, -0.2) is 4.98 Å². The molecule has 0 spiro atoms. The van der Waals surface area contributed by atoms with E-state index in [2.05, 4.69) is 11.1 Å². The van der Waals surface area contributed by atoms with E-state index in [1.807, 2.05) is 12.3 Å². The van der Waals surface area contributed by atoms with Crippen molar-refractivity contribution >= 4 is 11.3 Å². The average molecular weight is 248 g/mol. The van der Waals surface area contributed by atoms with Crippen LogP contribution >= 0.6 is 11.3 Å². The molecule has 2 fully saturated rings. The molecule has 0 amide bonds. The molecule has 3 nitrogen and oxygen atoms in total. The first-order chi connectivity index (χ1) is 8.15. The van der Waals surface area contributed by atoms with Gasteiger partial charge in [-0.05, 0) is 38.0 Å². The summed E-state index contributed by atoms with van der Waals surface area (Å²) in [6.07, 6.45) is 3.60. The van der Waals surface area contributed by atoms with Crippen molar-refractivity contribution in [3.05, 3.63) is 16.1 Å². The lowest BCUT2D eigenvalue weighted by Crippen LogP contribution is -2.33. The van der Waals surface area contributed by atoms with Crippen molar-refractivity contribution in [2.24, 2.45) is 17.3 Å². The lowest BCUT2D eigenvalue weighted by molar-refractivity contribution is 0.0206. The molecule has 4 heteroatoms. The van der Waals surface area contributed by atoms with Crippen LogP contribution < -0.4 is 0 Å². The van der Waals surface area contributed by atoms with E-state index in [1.54, 1.807) is 11.3 Å². The van der Waals surface area contributed by atoms with Crippen molar-refractivity contribution in [2.75, 3.05) is 0 Å². The SMILES string of the molecule is Cc1nc(C(O)C2(C#N)CC3CCC2C3)cs1. The maximum atomic E-state index is 10.5. The Bertz CT molecular complexity index is 478. The first kappa shape index (κ1) is 11.2. The van der Waals surface area contributed by atoms with Crippen molar-refractivity contribution in [3.63, 3.8) is 0 Å². The third-order valence-electron chi connectivity index (χ3n) is 4.51. The highest BCUT2D eigenvalue weighted by Gasteiger charge is 2.56. The van der Waals surface area contributed by atoms with Gasteiger partial charge in [0.05, 0.1) is 22.2 Å². The minimum Gasteiger partial charge on any atom is -0.385 e. The van der Waals surface area contributed by atoms with E-state index in [-0.39, 0.29) is 0 Å². The summed E-state index contributed by atoms with van der Waals surface area (Å²) in [4.78, 5) is 4.35. The van der Waals surface area contributed by atoms with Crippen molar-refractivity contribution < 1.29 is 5.11 Å². The van der Waals surface area contributed by atoms with E-state index >= 15 is 0 Å². The Morgan fingerprint density at radius 2 is 2.47 bits per heavy atom. The number of hydrogen-bond acceptors (Lipinski definition) is 4. The Morgan fingerprint density at radius 1 is 1.65 bits per heavy atom. The fourth-order valence-electron chi connectivity index (χ4n) is 3.68. The Balaban J connectivity index is 1.94. The molecule has 0 aromatic carbocycles. The lowest BCUT2D eigenvalue weighted by Gasteiger charge is -2.34. The summed E-state index contributed by atoms with van der Waals surface area (Å²) in [7, 11) is 0. The highest BCUT2D eigenvalue weighted by atomic mass is 32.1. The number of fused-ring (bicyclic) bond motifs is 2. The molecule has 0 saturated heterocycles. The zero-order chi connectivity index (χ0) is 12.0. The van der Waals surface area contributed by atoms with Gasteiger partial charge in [-0.15, -0.1) is 11.3 Å². The van der Waals surface area contributed by atoms with Crippen molar-refractivity contribution in [1.29, 1.82) is 5.26 Å². The van der Waals surface area contributed by atoms with Gasteiger partial charge >= 0.3 is 0 Å². The molecule has 0 aliphatic heterocycles. The molecule has 2 aliphatic rings. The minimum absolute atomic E-state index is 0.370. The molecule has 2 aliphatic carbocycles. The molecule has 1 heterocycles. The van der Waals surface area contributed by atoms with E-state index in [0.717, 1.165) is 24.3 Å². The summed E-state index contributed by atoms with van der Waals surface area (Å²) in [6, 6.07) is 2.43. The quantitative estimate of drug-likeness (QED) is 0.875. The average Bonchev–Trinajstić information content (AvgIpc) is 3.02. The number of rotatable bonds is 2. The van der Waals surface area contributed by atoms with Crippen molar-refractivity contribution in [3.8, 4) is 6.07 Å². The third-order valence-corrected chi connectivity index (χ3v) is 5.30. The van der Waals surface area contributed by atoms with Gasteiger partial charge in [0.25, 0.3) is 0 Å². The van der Waals surface area contributed by atoms with Crippen molar-refractivity contribution in [2.45, 2.75) is 38.7 Å². The van der Waals surface area contributed by atoms with E-state index in [0.29, 0.717) is 17.5 Å². The number of aryl methyl sites for hydroxylation is 1. The highest BCUT2D eigenvalue weighted by molar-refractivity contribution is 7.09. The first-order valence-corrected chi connectivity index (χ1v) is 7.05. The van der Waals surface area contributed by atoms with Gasteiger partial charge in [0, 0.05) is 5.38 Å². The van der Waals surface area contributed by atoms with E-state index < -0.39 is 11.5 Å². The number of thiazole rings is 1. The van der Waals surface area contributed by atoms with Gasteiger partial charge < -0.3 is 5.11 Å². The molecular formula is C13H16N2OS. The van der Waals surface area contributed by atoms with Gasteiger partial charge in [-0.1, -0.05) is 6.42 Å². The topological polar surface area (TPSA) is 56.9 Å². The number of nitriles is 1. The highest BCUT2D eigenvalue weighted by Crippen LogP contribution is 2.60. The molecule has 4 atom stereocenters. The van der Waals surface area contributed by atoms with E-state index in [4.69, 9.17) is 0 Å². The number of aliphatic hydroxyl groups is 1. The van der Waals surface area contributed by atoms with Crippen molar-refractivity contribution in [1.82, 2.24) is 4.98 Å². The molecule has 90 valence electrons. The summed E-state index contributed by atoms with van der Waals surface area (Å²) >= 11 is 1.54. The zero-order valence-corrected chi connectivity index (χ0v) is 10.7. The monoisotopic (exact) mass is 248 g/mol. The Hall–Kier alpha value is -0.920. The first-order valence-electron chi connectivity index (χ1n) is 6.17. The lowest BCUT2D eigenvalue weighted by atomic mass is 9.69. The largest absolute Gasteiger partial charge is 0.385 e. The van der Waals surface area contributed by atoms with Crippen LogP contribution in [0.2, 0.25) is 0 Å². The summed E-state index contributed by atoms with van der Waals surface area (Å²) in [6.45, 7) is 1.93. The zero-order valence-electron chi connectivity index (χ0n) is 9.89. The Kier molecular flexibility index (Phi) is 2.49. The van der Waals surface area contributed by atoms with Crippen LogP contribution in [0, 0.1) is 35.5 Å². The van der Waals surface area contributed by atoms with E-state index in [9.17, 15) is 10.4 Å². The number of aliphatic hydroxyl groups excluding tert-OH is 1. The second-order valence-electron chi connectivity index (χ2n) is 5.43. The number of aromatic nitrogens is 1. The molecule has 2 saturated carbocycles. The van der Waals surface area contributed by atoms with Crippen LogP contribution in [0.1, 0.15) is 42.5 Å². The smallest absolute Gasteiger partial charge is 0.116 e. The van der Waals surface area contributed by atoms with Gasteiger partial charge in [0.15, 0.2) is 0 Å². The summed E-state index contributed by atoms with van der Waals surface area (Å²) < 4.78 is 0. The molecular weight excluding hydrogens is 232 g/mol. The van der Waals surface area contributed by atoms with Crippen LogP contribution in [-0.2, 0) is 0 Å². The molecule has 3 rings (SSSR count). The maximum absolute atomic E-state index is 10.5. The predicted molar refractivity (Wildman–Crippen MR) is 65.3 cm³/mol. The Morgan fingerprint density at radius 3 is 2.94 bits per heavy atom. The normalized spacial score (nSPS) is 37.0. The molecule has 17 heavy (non-hydrogen) atoms. The Labute approximate surface area is 105 Å². The molecule has 4 unspecified atom stereocenters. The van der Waals surface area contributed by atoms with Crippen LogP contribution in [0.15, 0.2) is 5.38 Å². The third kappa shape index (κ3) is 1.53. The maximum Gasteiger partial charge on any atom is 0.116 e. The standard InChI is InChI=1S/C13H16N2OS/c1-8-15-11(6-17-8)12(16)13(7-14)5-9-2-3-10(13)4-9/h6,9-10,12,16H,2-5H2,1H3. The van der Waals surface area contributed by atoms with Crippen LogP contribution in [0.5, 0.6) is 0 Å². The molecule has 1 aromatic heterocycles. The van der Waals surface area contributed by atoms with E-state index in [1.165, 1.54) is 6.42 Å². The second kappa shape index (κ2) is 3.79. The number of nitrogens with zero attached hydrogens (tertiary/aromatic N) is 2. The van der Waals surface area contributed by atoms with Crippen LogP contribution in [0.4, 0.5) is 0 Å². The fourth-order valence-corrected chi connectivity index (χ4v) is 4.31. The summed E-state index contributed by atoms with van der Waals surface area (Å²) in [5.41, 5.74) is 0.130. The molecule has 2 bridgehead atoms. The van der Waals surface area contributed by atoms with Gasteiger partial charge in [0.1, 0.15) is 6.10 Å². The summed E-state index contributed by atoms with van der Waals surface area (Å²) in [5.74, 6) is 1.02. The van der Waals surface area contributed by atoms with Gasteiger partial charge in [-0.2, -0.15) is 5.26 Å².